The topological polar surface area (TPSA) is 21.3 Å². The number of hydrogen-bond acceptors (Lipinski definition) is 2. The summed E-state index contributed by atoms with van der Waals surface area (Å²) in [6.07, 6.45) is 0.127. The number of aryl methyl sites for hydroxylation is 2. The molecule has 0 amide bonds. The molecule has 0 radical (unpaired) electrons. The van der Waals surface area contributed by atoms with Crippen LogP contribution in [-0.2, 0) is 0 Å². The van der Waals surface area contributed by atoms with Crippen molar-refractivity contribution in [1.29, 1.82) is 0 Å². The molecule has 0 spiro atoms. The van der Waals surface area contributed by atoms with Gasteiger partial charge in [0.1, 0.15) is 11.9 Å². The zero-order chi connectivity index (χ0) is 13.7. The smallest absolute Gasteiger partial charge is 0.119 e. The van der Waals surface area contributed by atoms with Crippen LogP contribution in [0.3, 0.4) is 0 Å². The molecule has 0 aliphatic heterocycles. The van der Waals surface area contributed by atoms with Crippen molar-refractivity contribution in [3.63, 3.8) is 0 Å². The summed E-state index contributed by atoms with van der Waals surface area (Å²) in [5, 5.41) is 3.45. The first-order valence-corrected chi connectivity index (χ1v) is 6.68. The zero-order valence-electron chi connectivity index (χ0n) is 11.8. The lowest BCUT2D eigenvalue weighted by atomic mass is 10.1. The molecule has 2 rings (SSSR count). The molecule has 1 unspecified atom stereocenters. The number of benzene rings is 2. The Morgan fingerprint density at radius 1 is 1.05 bits per heavy atom. The molecule has 0 bridgehead atoms. The highest BCUT2D eigenvalue weighted by Crippen LogP contribution is 2.17. The Labute approximate surface area is 115 Å². The highest BCUT2D eigenvalue weighted by molar-refractivity contribution is 5.52. The monoisotopic (exact) mass is 255 g/mol. The highest BCUT2D eigenvalue weighted by atomic mass is 16.5. The van der Waals surface area contributed by atoms with Gasteiger partial charge in [0.15, 0.2) is 0 Å². The molecule has 0 aliphatic rings. The minimum Gasteiger partial charge on any atom is -0.489 e. The third-order valence-corrected chi connectivity index (χ3v) is 3.05. The molecule has 2 nitrogen and oxygen atoms in total. The van der Waals surface area contributed by atoms with Crippen molar-refractivity contribution in [3.05, 3.63) is 59.7 Å². The van der Waals surface area contributed by atoms with Crippen LogP contribution in [0.2, 0.25) is 0 Å². The molecule has 0 aliphatic carbocycles. The van der Waals surface area contributed by atoms with E-state index >= 15 is 0 Å². The lowest BCUT2D eigenvalue weighted by Crippen LogP contribution is -2.23. The summed E-state index contributed by atoms with van der Waals surface area (Å²) in [6.45, 7) is 7.09. The SMILES string of the molecule is Cc1ccc(C)c(NCC(C)Oc2ccccc2)c1. The fourth-order valence-corrected chi connectivity index (χ4v) is 1.95. The minimum absolute atomic E-state index is 0.127. The maximum Gasteiger partial charge on any atom is 0.119 e. The second kappa shape index (κ2) is 6.28. The van der Waals surface area contributed by atoms with Gasteiger partial charge in [-0.2, -0.15) is 0 Å². The summed E-state index contributed by atoms with van der Waals surface area (Å²) in [7, 11) is 0. The molecular weight excluding hydrogens is 234 g/mol. The van der Waals surface area contributed by atoms with E-state index in [9.17, 15) is 0 Å². The quantitative estimate of drug-likeness (QED) is 0.865. The van der Waals surface area contributed by atoms with E-state index in [4.69, 9.17) is 4.74 Å². The Morgan fingerprint density at radius 2 is 1.79 bits per heavy atom. The van der Waals surface area contributed by atoms with Gasteiger partial charge in [-0.25, -0.2) is 0 Å². The number of rotatable bonds is 5. The zero-order valence-corrected chi connectivity index (χ0v) is 11.8. The van der Waals surface area contributed by atoms with Crippen LogP contribution in [0, 0.1) is 13.8 Å². The van der Waals surface area contributed by atoms with Crippen molar-refractivity contribution in [2.75, 3.05) is 11.9 Å². The third kappa shape index (κ3) is 4.02. The van der Waals surface area contributed by atoms with Gasteiger partial charge in [-0.15, -0.1) is 0 Å². The Kier molecular flexibility index (Phi) is 4.45. The summed E-state index contributed by atoms with van der Waals surface area (Å²) in [5.74, 6) is 0.915. The van der Waals surface area contributed by atoms with E-state index in [0.29, 0.717) is 0 Å². The van der Waals surface area contributed by atoms with Gasteiger partial charge in [0.05, 0.1) is 6.54 Å². The first kappa shape index (κ1) is 13.5. The Bertz CT molecular complexity index is 522. The second-order valence-corrected chi connectivity index (χ2v) is 4.94. The van der Waals surface area contributed by atoms with Crippen LogP contribution >= 0.6 is 0 Å². The van der Waals surface area contributed by atoms with E-state index in [1.165, 1.54) is 16.8 Å². The average Bonchev–Trinajstić information content (AvgIpc) is 2.41. The highest BCUT2D eigenvalue weighted by Gasteiger charge is 2.05. The molecule has 0 aromatic heterocycles. The summed E-state index contributed by atoms with van der Waals surface area (Å²) in [4.78, 5) is 0. The molecule has 2 aromatic rings. The maximum atomic E-state index is 5.84. The largest absolute Gasteiger partial charge is 0.489 e. The molecular formula is C17H21NO. The first-order valence-electron chi connectivity index (χ1n) is 6.68. The molecule has 1 atom stereocenters. The Hall–Kier alpha value is -1.96. The van der Waals surface area contributed by atoms with E-state index < -0.39 is 0 Å². The fourth-order valence-electron chi connectivity index (χ4n) is 1.95. The molecule has 2 heteroatoms. The summed E-state index contributed by atoms with van der Waals surface area (Å²) in [5.41, 5.74) is 3.71. The van der Waals surface area contributed by atoms with E-state index in [2.05, 4.69) is 44.3 Å². The van der Waals surface area contributed by atoms with Gasteiger partial charge in [0, 0.05) is 5.69 Å². The van der Waals surface area contributed by atoms with E-state index in [-0.39, 0.29) is 6.10 Å². The van der Waals surface area contributed by atoms with Crippen LogP contribution in [0.1, 0.15) is 18.1 Å². The van der Waals surface area contributed by atoms with Crippen molar-refractivity contribution in [3.8, 4) is 5.75 Å². The molecule has 100 valence electrons. The van der Waals surface area contributed by atoms with Gasteiger partial charge in [0.25, 0.3) is 0 Å². The average molecular weight is 255 g/mol. The predicted molar refractivity (Wildman–Crippen MR) is 80.9 cm³/mol. The number of nitrogens with one attached hydrogen (secondary N) is 1. The predicted octanol–water partition coefficient (Wildman–Crippen LogP) is 4.18. The number of ether oxygens (including phenoxy) is 1. The number of hydrogen-bond donors (Lipinski definition) is 1. The van der Waals surface area contributed by atoms with Crippen molar-refractivity contribution in [2.45, 2.75) is 26.9 Å². The molecule has 1 N–H and O–H groups in total. The summed E-state index contributed by atoms with van der Waals surface area (Å²) < 4.78 is 5.84. The van der Waals surface area contributed by atoms with Crippen LogP contribution < -0.4 is 10.1 Å². The van der Waals surface area contributed by atoms with Crippen LogP contribution in [-0.4, -0.2) is 12.6 Å². The fraction of sp³-hybridized carbons (Fsp3) is 0.294. The van der Waals surface area contributed by atoms with E-state index in [1.54, 1.807) is 0 Å². The second-order valence-electron chi connectivity index (χ2n) is 4.94. The maximum absolute atomic E-state index is 5.84. The third-order valence-electron chi connectivity index (χ3n) is 3.05. The number of para-hydroxylation sites is 1. The molecule has 2 aromatic carbocycles. The Morgan fingerprint density at radius 3 is 2.53 bits per heavy atom. The van der Waals surface area contributed by atoms with Crippen molar-refractivity contribution >= 4 is 5.69 Å². The molecule has 19 heavy (non-hydrogen) atoms. The van der Waals surface area contributed by atoms with Gasteiger partial charge in [-0.05, 0) is 50.1 Å². The first-order chi connectivity index (χ1) is 9.15. The minimum atomic E-state index is 0.127. The molecule has 0 saturated heterocycles. The van der Waals surface area contributed by atoms with Crippen LogP contribution in [0.5, 0.6) is 5.75 Å². The van der Waals surface area contributed by atoms with Crippen molar-refractivity contribution in [1.82, 2.24) is 0 Å². The molecule has 0 fully saturated rings. The summed E-state index contributed by atoms with van der Waals surface area (Å²) in [6, 6.07) is 16.4. The van der Waals surface area contributed by atoms with E-state index in [1.807, 2.05) is 30.3 Å². The van der Waals surface area contributed by atoms with Crippen molar-refractivity contribution in [2.24, 2.45) is 0 Å². The van der Waals surface area contributed by atoms with Gasteiger partial charge < -0.3 is 10.1 Å². The van der Waals surface area contributed by atoms with Gasteiger partial charge in [0.2, 0.25) is 0 Å². The van der Waals surface area contributed by atoms with Crippen LogP contribution in [0.4, 0.5) is 5.69 Å². The van der Waals surface area contributed by atoms with Gasteiger partial charge in [-0.1, -0.05) is 30.3 Å². The van der Waals surface area contributed by atoms with Crippen LogP contribution in [0.15, 0.2) is 48.5 Å². The standard InChI is InChI=1S/C17H21NO/c1-13-9-10-14(2)17(11-13)18-12-15(3)19-16-7-5-4-6-8-16/h4-11,15,18H,12H2,1-3H3. The van der Waals surface area contributed by atoms with Gasteiger partial charge in [-0.3, -0.25) is 0 Å². The lowest BCUT2D eigenvalue weighted by Gasteiger charge is -2.17. The van der Waals surface area contributed by atoms with E-state index in [0.717, 1.165) is 12.3 Å². The van der Waals surface area contributed by atoms with Gasteiger partial charge >= 0.3 is 0 Å². The Balaban J connectivity index is 1.90. The molecule has 0 saturated carbocycles. The summed E-state index contributed by atoms with van der Waals surface area (Å²) >= 11 is 0. The van der Waals surface area contributed by atoms with Crippen LogP contribution in [0.25, 0.3) is 0 Å². The molecule has 0 heterocycles. The van der Waals surface area contributed by atoms with Crippen molar-refractivity contribution < 1.29 is 4.74 Å². The number of anilines is 1. The lowest BCUT2D eigenvalue weighted by molar-refractivity contribution is 0.235. The normalized spacial score (nSPS) is 11.9.